The Balaban J connectivity index is 2.22. The molecule has 0 radical (unpaired) electrons. The summed E-state index contributed by atoms with van der Waals surface area (Å²) in [6, 6.07) is 0. The van der Waals surface area contributed by atoms with Crippen molar-refractivity contribution in [1.82, 2.24) is 0 Å². The molecule has 120 valence electrons. The Morgan fingerprint density at radius 2 is 2.00 bits per heavy atom. The number of carbonyl (C=O) groups excluding carboxylic acids is 1. The van der Waals surface area contributed by atoms with Crippen molar-refractivity contribution in [2.45, 2.75) is 59.5 Å². The van der Waals surface area contributed by atoms with Gasteiger partial charge in [0.1, 0.15) is 6.10 Å². The van der Waals surface area contributed by atoms with Crippen LogP contribution in [0.1, 0.15) is 53.4 Å². The second kappa shape index (κ2) is 7.62. The van der Waals surface area contributed by atoms with Gasteiger partial charge in [-0.25, -0.2) is 4.79 Å². The third kappa shape index (κ3) is 4.72. The molecule has 1 aliphatic carbocycles. The molecule has 1 heterocycles. The average molecular weight is 300 g/mol. The molecule has 0 saturated carbocycles. The lowest BCUT2D eigenvalue weighted by molar-refractivity contribution is -0.139. The lowest BCUT2D eigenvalue weighted by Gasteiger charge is -2.16. The first-order chi connectivity index (χ1) is 10.5. The minimum atomic E-state index is -0.117. The van der Waals surface area contributed by atoms with E-state index in [1.165, 1.54) is 11.1 Å². The minimum absolute atomic E-state index is 0.0696. The molecule has 0 saturated heterocycles. The zero-order valence-corrected chi connectivity index (χ0v) is 14.3. The maximum atomic E-state index is 12.0. The number of fused-ring (bicyclic) bond motifs is 1. The molecule has 22 heavy (non-hydrogen) atoms. The van der Waals surface area contributed by atoms with Gasteiger partial charge >= 0.3 is 5.97 Å². The highest BCUT2D eigenvalue weighted by Gasteiger charge is 2.26. The number of hydrogen-bond acceptors (Lipinski definition) is 2. The molecule has 0 amide bonds. The maximum absolute atomic E-state index is 12.0. The van der Waals surface area contributed by atoms with Gasteiger partial charge in [0.15, 0.2) is 0 Å². The van der Waals surface area contributed by atoms with Crippen LogP contribution in [0.4, 0.5) is 0 Å². The highest BCUT2D eigenvalue weighted by Crippen LogP contribution is 2.27. The third-order valence-corrected chi connectivity index (χ3v) is 4.55. The van der Waals surface area contributed by atoms with Crippen LogP contribution in [0.25, 0.3) is 0 Å². The molecule has 0 aromatic heterocycles. The van der Waals surface area contributed by atoms with Gasteiger partial charge in [0.2, 0.25) is 0 Å². The number of hydrogen-bond donors (Lipinski definition) is 0. The molecule has 2 rings (SSSR count). The molecule has 2 nitrogen and oxygen atoms in total. The van der Waals surface area contributed by atoms with Crippen molar-refractivity contribution >= 4 is 5.97 Å². The fourth-order valence-electron chi connectivity index (χ4n) is 2.99. The van der Waals surface area contributed by atoms with Crippen molar-refractivity contribution in [3.8, 4) is 0 Å². The molecule has 2 bridgehead atoms. The van der Waals surface area contributed by atoms with Crippen LogP contribution >= 0.6 is 0 Å². The summed E-state index contributed by atoms with van der Waals surface area (Å²) in [5.41, 5.74) is 3.45. The highest BCUT2D eigenvalue weighted by atomic mass is 16.5. The van der Waals surface area contributed by atoms with Crippen LogP contribution in [0.3, 0.4) is 0 Å². The van der Waals surface area contributed by atoms with Crippen molar-refractivity contribution in [2.24, 2.45) is 11.8 Å². The van der Waals surface area contributed by atoms with Crippen LogP contribution in [0.2, 0.25) is 0 Å². The fraction of sp³-hybridized carbons (Fsp3) is 0.550. The Morgan fingerprint density at radius 3 is 2.73 bits per heavy atom. The van der Waals surface area contributed by atoms with Crippen molar-refractivity contribution < 1.29 is 9.53 Å². The predicted octanol–water partition coefficient (Wildman–Crippen LogP) is 5.13. The van der Waals surface area contributed by atoms with E-state index in [0.717, 1.165) is 31.3 Å². The summed E-state index contributed by atoms with van der Waals surface area (Å²) in [4.78, 5) is 12.0. The molecule has 0 unspecified atom stereocenters. The van der Waals surface area contributed by atoms with Gasteiger partial charge in [0.05, 0.1) is 0 Å². The van der Waals surface area contributed by atoms with E-state index in [-0.39, 0.29) is 12.1 Å². The van der Waals surface area contributed by atoms with Crippen molar-refractivity contribution in [3.05, 3.63) is 47.1 Å². The maximum Gasteiger partial charge on any atom is 0.334 e. The normalized spacial score (nSPS) is 33.1. The van der Waals surface area contributed by atoms with Gasteiger partial charge in [-0.1, -0.05) is 49.3 Å². The molecule has 0 N–H and O–H groups in total. The van der Waals surface area contributed by atoms with Crippen LogP contribution in [-0.2, 0) is 9.53 Å². The molecule has 0 spiro atoms. The Bertz CT molecular complexity index is 532. The van der Waals surface area contributed by atoms with Crippen LogP contribution in [0.15, 0.2) is 47.1 Å². The van der Waals surface area contributed by atoms with Gasteiger partial charge in [0, 0.05) is 12.0 Å². The zero-order valence-electron chi connectivity index (χ0n) is 14.3. The molecule has 2 atom stereocenters. The zero-order chi connectivity index (χ0) is 16.1. The van der Waals surface area contributed by atoms with Gasteiger partial charge in [-0.15, -0.1) is 0 Å². The number of allylic oxidation sites excluding steroid dienone is 5. The van der Waals surface area contributed by atoms with Gasteiger partial charge < -0.3 is 4.74 Å². The summed E-state index contributed by atoms with van der Waals surface area (Å²) in [5, 5.41) is 0. The Labute approximate surface area is 134 Å². The van der Waals surface area contributed by atoms with E-state index in [9.17, 15) is 4.79 Å². The number of ether oxygens (including phenoxy) is 1. The van der Waals surface area contributed by atoms with E-state index in [1.807, 2.05) is 6.08 Å². The Hall–Kier alpha value is -1.57. The first-order valence-corrected chi connectivity index (χ1v) is 8.38. The topological polar surface area (TPSA) is 26.3 Å². The first kappa shape index (κ1) is 16.8. The number of esters is 1. The summed E-state index contributed by atoms with van der Waals surface area (Å²) < 4.78 is 5.48. The van der Waals surface area contributed by atoms with Crippen molar-refractivity contribution in [2.75, 3.05) is 0 Å². The monoisotopic (exact) mass is 300 g/mol. The minimum Gasteiger partial charge on any atom is -0.454 e. The molecule has 0 aromatic carbocycles. The highest BCUT2D eigenvalue weighted by molar-refractivity contribution is 5.90. The van der Waals surface area contributed by atoms with E-state index in [2.05, 4.69) is 52.0 Å². The molecule has 2 heteroatoms. The molecular formula is C20H28O2. The van der Waals surface area contributed by atoms with Crippen molar-refractivity contribution in [1.29, 1.82) is 0 Å². The molecular weight excluding hydrogens is 272 g/mol. The lowest BCUT2D eigenvalue weighted by Crippen LogP contribution is -2.10. The first-order valence-electron chi connectivity index (χ1n) is 8.38. The molecule has 1 aliphatic heterocycles. The summed E-state index contributed by atoms with van der Waals surface area (Å²) in [5.74, 6) is 0.956. The SMILES string of the molecule is CC1=C\C/C=C(\C)C[C@H]2C=C(CC[C@H](C(C)C)/C=C\1)C(=O)O2. The smallest absolute Gasteiger partial charge is 0.334 e. The van der Waals surface area contributed by atoms with Gasteiger partial charge in [-0.3, -0.25) is 0 Å². The Morgan fingerprint density at radius 1 is 1.23 bits per heavy atom. The van der Waals surface area contributed by atoms with E-state index < -0.39 is 0 Å². The predicted molar refractivity (Wildman–Crippen MR) is 91.4 cm³/mol. The van der Waals surface area contributed by atoms with Crippen LogP contribution in [-0.4, -0.2) is 12.1 Å². The quantitative estimate of drug-likeness (QED) is 0.495. The van der Waals surface area contributed by atoms with Gasteiger partial charge in [0.25, 0.3) is 0 Å². The van der Waals surface area contributed by atoms with Gasteiger partial charge in [-0.05, 0) is 51.0 Å². The van der Waals surface area contributed by atoms with Crippen LogP contribution < -0.4 is 0 Å². The summed E-state index contributed by atoms with van der Waals surface area (Å²) >= 11 is 0. The number of rotatable bonds is 1. The largest absolute Gasteiger partial charge is 0.454 e. The van der Waals surface area contributed by atoms with E-state index in [1.54, 1.807) is 0 Å². The summed E-state index contributed by atoms with van der Waals surface area (Å²) in [6.07, 6.45) is 14.5. The second-order valence-electron chi connectivity index (χ2n) is 6.88. The van der Waals surface area contributed by atoms with E-state index in [0.29, 0.717) is 11.8 Å². The second-order valence-corrected chi connectivity index (χ2v) is 6.88. The lowest BCUT2D eigenvalue weighted by atomic mass is 9.88. The Kier molecular flexibility index (Phi) is 5.82. The standard InChI is InChI=1S/C20H28O2/c1-14(2)17-9-8-15(3)6-5-7-16(4)12-19-13-18(11-10-17)20(21)22-19/h6-9,13-14,17,19H,5,10-12H2,1-4H3/b9-8-,15-6+,16-7+/t17-,19+/m1/s1. The molecule has 0 aromatic rings. The van der Waals surface area contributed by atoms with E-state index in [4.69, 9.17) is 4.74 Å². The summed E-state index contributed by atoms with van der Waals surface area (Å²) in [7, 11) is 0. The van der Waals surface area contributed by atoms with Crippen LogP contribution in [0, 0.1) is 11.8 Å². The summed E-state index contributed by atoms with van der Waals surface area (Å²) in [6.45, 7) is 8.75. The van der Waals surface area contributed by atoms with Gasteiger partial charge in [-0.2, -0.15) is 0 Å². The fourth-order valence-corrected chi connectivity index (χ4v) is 2.99. The average Bonchev–Trinajstić information content (AvgIpc) is 2.77. The van der Waals surface area contributed by atoms with Crippen molar-refractivity contribution in [3.63, 3.8) is 0 Å². The van der Waals surface area contributed by atoms with E-state index >= 15 is 0 Å². The molecule has 2 aliphatic rings. The number of carbonyl (C=O) groups is 1. The molecule has 0 fully saturated rings. The van der Waals surface area contributed by atoms with Crippen LogP contribution in [0.5, 0.6) is 0 Å². The third-order valence-electron chi connectivity index (χ3n) is 4.55.